The molecule has 0 radical (unpaired) electrons. The summed E-state index contributed by atoms with van der Waals surface area (Å²) in [5.41, 5.74) is 4.01. The molecule has 2 atom stereocenters. The first-order valence-corrected chi connectivity index (χ1v) is 14.3. The molecule has 2 amide bonds. The van der Waals surface area contributed by atoms with Crippen LogP contribution in [0.25, 0.3) is 10.9 Å². The summed E-state index contributed by atoms with van der Waals surface area (Å²) in [5, 5.41) is 16.1. The lowest BCUT2D eigenvalue weighted by atomic mass is 10.0. The number of benzene rings is 4. The number of aromatic hydroxyl groups is 1. The van der Waals surface area contributed by atoms with Crippen LogP contribution < -0.4 is 10.6 Å². The van der Waals surface area contributed by atoms with Crippen molar-refractivity contribution >= 4 is 28.9 Å². The van der Waals surface area contributed by atoms with Gasteiger partial charge in [0.1, 0.15) is 31.0 Å². The molecule has 9 nitrogen and oxygen atoms in total. The van der Waals surface area contributed by atoms with Crippen LogP contribution in [0, 0.1) is 0 Å². The van der Waals surface area contributed by atoms with E-state index in [1.54, 1.807) is 18.3 Å². The highest BCUT2D eigenvalue weighted by atomic mass is 16.5. The molecule has 1 heterocycles. The fourth-order valence-corrected chi connectivity index (χ4v) is 4.80. The van der Waals surface area contributed by atoms with Crippen molar-refractivity contribution in [2.75, 3.05) is 0 Å². The number of amides is 2. The van der Waals surface area contributed by atoms with Crippen molar-refractivity contribution in [2.45, 2.75) is 38.1 Å². The monoisotopic (exact) mass is 591 g/mol. The first kappa shape index (κ1) is 29.9. The van der Waals surface area contributed by atoms with E-state index in [2.05, 4.69) is 15.6 Å². The van der Waals surface area contributed by atoms with E-state index in [9.17, 15) is 19.5 Å². The Kier molecular flexibility index (Phi) is 9.89. The second kappa shape index (κ2) is 14.6. The van der Waals surface area contributed by atoms with Gasteiger partial charge in [0.25, 0.3) is 0 Å². The van der Waals surface area contributed by atoms with Gasteiger partial charge in [0.2, 0.25) is 5.91 Å². The Bertz CT molecular complexity index is 1690. The minimum Gasteiger partial charge on any atom is -0.508 e. The molecule has 9 heteroatoms. The summed E-state index contributed by atoms with van der Waals surface area (Å²) in [6.07, 6.45) is 1.28. The second-order valence-corrected chi connectivity index (χ2v) is 10.3. The molecule has 0 bridgehead atoms. The number of para-hydroxylation sites is 1. The third-order valence-corrected chi connectivity index (χ3v) is 7.12. The lowest BCUT2D eigenvalue weighted by Crippen LogP contribution is -2.53. The summed E-state index contributed by atoms with van der Waals surface area (Å²) >= 11 is 0. The number of hydrogen-bond acceptors (Lipinski definition) is 6. The van der Waals surface area contributed by atoms with Gasteiger partial charge in [0.05, 0.1) is 0 Å². The Morgan fingerprint density at radius 1 is 0.659 bits per heavy atom. The Morgan fingerprint density at radius 2 is 1.27 bits per heavy atom. The highest BCUT2D eigenvalue weighted by Crippen LogP contribution is 2.20. The number of carbonyl (C=O) groups excluding carboxylic acids is 3. The molecule has 0 unspecified atom stereocenters. The van der Waals surface area contributed by atoms with E-state index in [-0.39, 0.29) is 31.8 Å². The van der Waals surface area contributed by atoms with E-state index in [0.29, 0.717) is 5.56 Å². The number of esters is 1. The number of hydrogen-bond donors (Lipinski definition) is 4. The standard InChI is InChI=1S/C35H33N3O6/c39-28-17-15-24(16-18-28)19-32(34(41)43-22-25-9-3-1-4-10-25)37-33(40)31(20-27-21-36-30-14-8-7-13-29(27)30)38-35(42)44-23-26-11-5-2-6-12-26/h1-18,21,31-32,36,39H,19-20,22-23H2,(H,37,40)(H,38,42)/t31-,32+/m1/s1. The summed E-state index contributed by atoms with van der Waals surface area (Å²) < 4.78 is 11.0. The van der Waals surface area contributed by atoms with Crippen molar-refractivity contribution in [3.8, 4) is 5.75 Å². The summed E-state index contributed by atoms with van der Waals surface area (Å²) in [7, 11) is 0. The number of fused-ring (bicyclic) bond motifs is 1. The molecule has 1 aromatic heterocycles. The minimum absolute atomic E-state index is 0.0311. The minimum atomic E-state index is -1.07. The zero-order valence-corrected chi connectivity index (χ0v) is 23.9. The van der Waals surface area contributed by atoms with Crippen LogP contribution in [0.2, 0.25) is 0 Å². The van der Waals surface area contributed by atoms with Crippen LogP contribution >= 0.6 is 0 Å². The molecule has 0 saturated carbocycles. The molecule has 4 N–H and O–H groups in total. The summed E-state index contributed by atoms with van der Waals surface area (Å²) in [6.45, 7) is 0.0633. The summed E-state index contributed by atoms with van der Waals surface area (Å²) in [5.74, 6) is -1.13. The molecular formula is C35H33N3O6. The quantitative estimate of drug-likeness (QED) is 0.148. The number of aromatic nitrogens is 1. The summed E-state index contributed by atoms with van der Waals surface area (Å²) in [4.78, 5) is 43.2. The van der Waals surface area contributed by atoms with Gasteiger partial charge in [-0.2, -0.15) is 0 Å². The van der Waals surface area contributed by atoms with E-state index in [4.69, 9.17) is 9.47 Å². The number of alkyl carbamates (subject to hydrolysis) is 1. The Labute approximate surface area is 254 Å². The number of carbonyl (C=O) groups is 3. The van der Waals surface area contributed by atoms with E-state index < -0.39 is 30.1 Å². The van der Waals surface area contributed by atoms with E-state index in [0.717, 1.165) is 27.6 Å². The van der Waals surface area contributed by atoms with Crippen molar-refractivity contribution in [1.82, 2.24) is 15.6 Å². The van der Waals surface area contributed by atoms with Crippen molar-refractivity contribution in [1.29, 1.82) is 0 Å². The zero-order valence-electron chi connectivity index (χ0n) is 23.9. The van der Waals surface area contributed by atoms with Crippen molar-refractivity contribution in [3.63, 3.8) is 0 Å². The molecule has 0 aliphatic rings. The van der Waals surface area contributed by atoms with Crippen LogP contribution in [0.3, 0.4) is 0 Å². The second-order valence-electron chi connectivity index (χ2n) is 10.3. The molecule has 224 valence electrons. The largest absolute Gasteiger partial charge is 0.508 e. The predicted octanol–water partition coefficient (Wildman–Crippen LogP) is 5.18. The van der Waals surface area contributed by atoms with Gasteiger partial charge in [0.15, 0.2) is 0 Å². The fraction of sp³-hybridized carbons (Fsp3) is 0.171. The number of ether oxygens (including phenoxy) is 2. The first-order valence-electron chi connectivity index (χ1n) is 14.3. The fourth-order valence-electron chi connectivity index (χ4n) is 4.80. The van der Waals surface area contributed by atoms with Crippen LogP contribution in [0.4, 0.5) is 4.79 Å². The maximum absolute atomic E-state index is 13.8. The molecule has 0 fully saturated rings. The Hall–Kier alpha value is -5.57. The van der Waals surface area contributed by atoms with Crippen molar-refractivity contribution < 1.29 is 29.0 Å². The third-order valence-electron chi connectivity index (χ3n) is 7.12. The normalized spacial score (nSPS) is 12.2. The third kappa shape index (κ3) is 8.25. The van der Waals surface area contributed by atoms with Gasteiger partial charge in [-0.05, 0) is 40.5 Å². The topological polar surface area (TPSA) is 130 Å². The van der Waals surface area contributed by atoms with E-state index >= 15 is 0 Å². The Balaban J connectivity index is 1.34. The van der Waals surface area contributed by atoms with Gasteiger partial charge < -0.3 is 30.2 Å². The maximum Gasteiger partial charge on any atom is 0.408 e. The number of aromatic amines is 1. The van der Waals surface area contributed by atoms with Crippen LogP contribution in [0.15, 0.2) is 115 Å². The van der Waals surface area contributed by atoms with Gasteiger partial charge in [-0.1, -0.05) is 91.0 Å². The maximum atomic E-state index is 13.8. The average molecular weight is 592 g/mol. The van der Waals surface area contributed by atoms with Gasteiger partial charge in [-0.3, -0.25) is 4.79 Å². The molecule has 0 saturated heterocycles. The van der Waals surface area contributed by atoms with Gasteiger partial charge in [-0.15, -0.1) is 0 Å². The van der Waals surface area contributed by atoms with Gasteiger partial charge in [0, 0.05) is 29.9 Å². The summed E-state index contributed by atoms with van der Waals surface area (Å²) in [6, 6.07) is 30.3. The molecule has 5 rings (SSSR count). The number of rotatable bonds is 12. The SMILES string of the molecule is O=C(N[C@H](Cc1c[nH]c2ccccc12)C(=O)N[C@@H](Cc1ccc(O)cc1)C(=O)OCc1ccccc1)OCc1ccccc1. The van der Waals surface area contributed by atoms with Crippen molar-refractivity contribution in [2.24, 2.45) is 0 Å². The molecule has 0 spiro atoms. The molecule has 0 aliphatic carbocycles. The molecular weight excluding hydrogens is 558 g/mol. The zero-order chi connectivity index (χ0) is 30.7. The highest BCUT2D eigenvalue weighted by molar-refractivity contribution is 5.91. The first-order chi connectivity index (χ1) is 21.4. The lowest BCUT2D eigenvalue weighted by molar-refractivity contribution is -0.149. The average Bonchev–Trinajstić information content (AvgIpc) is 3.46. The smallest absolute Gasteiger partial charge is 0.408 e. The number of phenolic OH excluding ortho intramolecular Hbond substituents is 1. The predicted molar refractivity (Wildman–Crippen MR) is 166 cm³/mol. The van der Waals surface area contributed by atoms with Crippen LogP contribution in [0.1, 0.15) is 22.3 Å². The lowest BCUT2D eigenvalue weighted by Gasteiger charge is -2.23. The van der Waals surface area contributed by atoms with Crippen molar-refractivity contribution in [3.05, 3.63) is 138 Å². The van der Waals surface area contributed by atoms with E-state index in [1.807, 2.05) is 84.9 Å². The molecule has 0 aliphatic heterocycles. The van der Waals surface area contributed by atoms with Gasteiger partial charge >= 0.3 is 12.1 Å². The molecule has 44 heavy (non-hydrogen) atoms. The Morgan fingerprint density at radius 3 is 1.95 bits per heavy atom. The van der Waals surface area contributed by atoms with Gasteiger partial charge in [-0.25, -0.2) is 9.59 Å². The number of nitrogens with one attached hydrogen (secondary N) is 3. The molecule has 5 aromatic rings. The van der Waals surface area contributed by atoms with E-state index in [1.165, 1.54) is 12.1 Å². The number of phenols is 1. The van der Waals surface area contributed by atoms with Crippen LogP contribution in [0.5, 0.6) is 5.75 Å². The highest BCUT2D eigenvalue weighted by Gasteiger charge is 2.29. The number of H-pyrrole nitrogens is 1. The molecule has 4 aromatic carbocycles. The van der Waals surface area contributed by atoms with Crippen LogP contribution in [-0.4, -0.2) is 40.1 Å². The van der Waals surface area contributed by atoms with Crippen LogP contribution in [-0.2, 0) is 45.1 Å².